The van der Waals surface area contributed by atoms with E-state index in [1.165, 1.54) is 12.1 Å². The SMILES string of the molecule is CCCNC(Cc1cccnc1N)c1cc(F)cc(F)c1. The molecule has 0 bridgehead atoms. The molecule has 5 heteroatoms. The molecule has 2 aromatic rings. The molecule has 0 saturated carbocycles. The van der Waals surface area contributed by atoms with Crippen LogP contribution in [0.5, 0.6) is 0 Å². The van der Waals surface area contributed by atoms with Crippen LogP contribution in [0, 0.1) is 11.6 Å². The highest BCUT2D eigenvalue weighted by Gasteiger charge is 2.15. The van der Waals surface area contributed by atoms with Crippen LogP contribution < -0.4 is 11.1 Å². The summed E-state index contributed by atoms with van der Waals surface area (Å²) in [4.78, 5) is 4.04. The third-order valence-corrected chi connectivity index (χ3v) is 3.28. The van der Waals surface area contributed by atoms with Gasteiger partial charge in [-0.1, -0.05) is 13.0 Å². The second-order valence-corrected chi connectivity index (χ2v) is 4.96. The summed E-state index contributed by atoms with van der Waals surface area (Å²) in [7, 11) is 0. The molecule has 0 radical (unpaired) electrons. The summed E-state index contributed by atoms with van der Waals surface area (Å²) in [6.07, 6.45) is 3.08. The molecule has 2 rings (SSSR count). The number of rotatable bonds is 6. The minimum Gasteiger partial charge on any atom is -0.383 e. The van der Waals surface area contributed by atoms with Gasteiger partial charge >= 0.3 is 0 Å². The number of nitrogens with zero attached hydrogens (tertiary/aromatic N) is 1. The van der Waals surface area contributed by atoms with E-state index in [2.05, 4.69) is 10.3 Å². The zero-order valence-electron chi connectivity index (χ0n) is 11.9. The fourth-order valence-electron chi connectivity index (χ4n) is 2.25. The largest absolute Gasteiger partial charge is 0.383 e. The first-order valence-corrected chi connectivity index (χ1v) is 6.99. The molecular weight excluding hydrogens is 272 g/mol. The molecule has 1 heterocycles. The highest BCUT2D eigenvalue weighted by atomic mass is 19.1. The first kappa shape index (κ1) is 15.4. The van der Waals surface area contributed by atoms with E-state index in [1.807, 2.05) is 13.0 Å². The van der Waals surface area contributed by atoms with Crippen LogP contribution in [0.25, 0.3) is 0 Å². The van der Waals surface area contributed by atoms with E-state index >= 15 is 0 Å². The van der Waals surface area contributed by atoms with E-state index in [1.54, 1.807) is 12.3 Å². The van der Waals surface area contributed by atoms with Crippen molar-refractivity contribution in [3.05, 3.63) is 59.3 Å². The molecule has 112 valence electrons. The number of pyridine rings is 1. The number of anilines is 1. The van der Waals surface area contributed by atoms with E-state index in [4.69, 9.17) is 5.73 Å². The van der Waals surface area contributed by atoms with Crippen LogP contribution in [0.3, 0.4) is 0 Å². The Morgan fingerprint density at radius 2 is 1.95 bits per heavy atom. The minimum atomic E-state index is -0.576. The molecule has 1 atom stereocenters. The van der Waals surface area contributed by atoms with Crippen LogP contribution in [-0.4, -0.2) is 11.5 Å². The Hall–Kier alpha value is -2.01. The van der Waals surface area contributed by atoms with Crippen LogP contribution >= 0.6 is 0 Å². The zero-order valence-corrected chi connectivity index (χ0v) is 11.9. The van der Waals surface area contributed by atoms with Gasteiger partial charge in [-0.2, -0.15) is 0 Å². The number of hydrogen-bond donors (Lipinski definition) is 2. The van der Waals surface area contributed by atoms with Crippen molar-refractivity contribution < 1.29 is 8.78 Å². The molecule has 0 aliphatic heterocycles. The van der Waals surface area contributed by atoms with Gasteiger partial charge in [-0.05, 0) is 48.7 Å². The number of halogens is 2. The Morgan fingerprint density at radius 1 is 1.24 bits per heavy atom. The van der Waals surface area contributed by atoms with Crippen LogP contribution in [0.4, 0.5) is 14.6 Å². The van der Waals surface area contributed by atoms with Crippen LogP contribution in [0.2, 0.25) is 0 Å². The first-order valence-electron chi connectivity index (χ1n) is 6.99. The monoisotopic (exact) mass is 291 g/mol. The van der Waals surface area contributed by atoms with Gasteiger partial charge in [-0.25, -0.2) is 13.8 Å². The van der Waals surface area contributed by atoms with Gasteiger partial charge in [0.15, 0.2) is 0 Å². The lowest BCUT2D eigenvalue weighted by Gasteiger charge is -2.20. The van der Waals surface area contributed by atoms with Gasteiger partial charge < -0.3 is 11.1 Å². The summed E-state index contributed by atoms with van der Waals surface area (Å²) >= 11 is 0. The second kappa shape index (κ2) is 7.13. The van der Waals surface area contributed by atoms with E-state index in [0.717, 1.165) is 24.6 Å². The molecule has 0 aliphatic carbocycles. The molecule has 0 fully saturated rings. The molecule has 0 spiro atoms. The summed E-state index contributed by atoms with van der Waals surface area (Å²) in [5.41, 5.74) is 7.28. The average molecular weight is 291 g/mol. The second-order valence-electron chi connectivity index (χ2n) is 4.96. The Balaban J connectivity index is 2.27. The number of benzene rings is 1. The molecule has 21 heavy (non-hydrogen) atoms. The molecular formula is C16H19F2N3. The molecule has 3 nitrogen and oxygen atoms in total. The first-order chi connectivity index (χ1) is 10.1. The van der Waals surface area contributed by atoms with Gasteiger partial charge in [0.05, 0.1) is 0 Å². The van der Waals surface area contributed by atoms with Crippen molar-refractivity contribution in [1.29, 1.82) is 0 Å². The molecule has 0 aliphatic rings. The Morgan fingerprint density at radius 3 is 2.57 bits per heavy atom. The van der Waals surface area contributed by atoms with Crippen LogP contribution in [0.1, 0.15) is 30.5 Å². The number of nitrogens with one attached hydrogen (secondary N) is 1. The Bertz CT molecular complexity index is 582. The number of nitrogens with two attached hydrogens (primary N) is 1. The van der Waals surface area contributed by atoms with Crippen molar-refractivity contribution in [2.24, 2.45) is 0 Å². The quantitative estimate of drug-likeness (QED) is 0.859. The zero-order chi connectivity index (χ0) is 15.2. The molecule has 0 saturated heterocycles. The molecule has 0 amide bonds. The van der Waals surface area contributed by atoms with Crippen molar-refractivity contribution in [3.63, 3.8) is 0 Å². The van der Waals surface area contributed by atoms with Crippen LogP contribution in [-0.2, 0) is 6.42 Å². The van der Waals surface area contributed by atoms with Gasteiger partial charge in [0.25, 0.3) is 0 Å². The summed E-state index contributed by atoms with van der Waals surface area (Å²) in [5.74, 6) is -0.711. The maximum atomic E-state index is 13.4. The number of hydrogen-bond acceptors (Lipinski definition) is 3. The van der Waals surface area contributed by atoms with E-state index in [-0.39, 0.29) is 6.04 Å². The summed E-state index contributed by atoms with van der Waals surface area (Å²) in [5, 5.41) is 3.30. The average Bonchev–Trinajstić information content (AvgIpc) is 2.44. The number of aromatic nitrogens is 1. The van der Waals surface area contributed by atoms with Gasteiger partial charge in [0, 0.05) is 18.3 Å². The van der Waals surface area contributed by atoms with Crippen molar-refractivity contribution in [3.8, 4) is 0 Å². The summed E-state index contributed by atoms with van der Waals surface area (Å²) < 4.78 is 26.8. The van der Waals surface area contributed by atoms with Crippen molar-refractivity contribution in [2.45, 2.75) is 25.8 Å². The van der Waals surface area contributed by atoms with Gasteiger partial charge in [0.2, 0.25) is 0 Å². The van der Waals surface area contributed by atoms with Crippen molar-refractivity contribution in [1.82, 2.24) is 10.3 Å². The lowest BCUT2D eigenvalue weighted by molar-refractivity contribution is 0.515. The molecule has 1 unspecified atom stereocenters. The lowest BCUT2D eigenvalue weighted by Crippen LogP contribution is -2.24. The third kappa shape index (κ3) is 4.23. The maximum absolute atomic E-state index is 13.4. The fourth-order valence-corrected chi connectivity index (χ4v) is 2.25. The maximum Gasteiger partial charge on any atom is 0.126 e. The molecule has 1 aromatic heterocycles. The predicted octanol–water partition coefficient (Wildman–Crippen LogP) is 3.23. The predicted molar refractivity (Wildman–Crippen MR) is 79.7 cm³/mol. The highest BCUT2D eigenvalue weighted by molar-refractivity contribution is 5.40. The Kier molecular flexibility index (Phi) is 5.22. The summed E-state index contributed by atoms with van der Waals surface area (Å²) in [6.45, 7) is 2.79. The normalized spacial score (nSPS) is 12.3. The summed E-state index contributed by atoms with van der Waals surface area (Å²) in [6, 6.07) is 7.04. The Labute approximate surface area is 123 Å². The molecule has 1 aromatic carbocycles. The van der Waals surface area contributed by atoms with Crippen molar-refractivity contribution >= 4 is 5.82 Å². The lowest BCUT2D eigenvalue weighted by atomic mass is 9.98. The van der Waals surface area contributed by atoms with Gasteiger partial charge in [0.1, 0.15) is 17.5 Å². The number of nitrogen functional groups attached to an aromatic ring is 1. The van der Waals surface area contributed by atoms with Gasteiger partial charge in [-0.15, -0.1) is 0 Å². The molecule has 3 N–H and O–H groups in total. The standard InChI is InChI=1S/C16H19F2N3/c1-2-5-20-15(9-11-4-3-6-21-16(11)19)12-7-13(17)10-14(18)8-12/h3-4,6-8,10,15,20H,2,5,9H2,1H3,(H2,19,21). The minimum absolute atomic E-state index is 0.207. The smallest absolute Gasteiger partial charge is 0.126 e. The third-order valence-electron chi connectivity index (χ3n) is 3.28. The van der Waals surface area contributed by atoms with E-state index in [0.29, 0.717) is 17.8 Å². The van der Waals surface area contributed by atoms with Gasteiger partial charge in [-0.3, -0.25) is 0 Å². The topological polar surface area (TPSA) is 50.9 Å². The fraction of sp³-hybridized carbons (Fsp3) is 0.312. The van der Waals surface area contributed by atoms with Crippen molar-refractivity contribution in [2.75, 3.05) is 12.3 Å². The highest BCUT2D eigenvalue weighted by Crippen LogP contribution is 2.22. The van der Waals surface area contributed by atoms with Crippen LogP contribution in [0.15, 0.2) is 36.5 Å². The van der Waals surface area contributed by atoms with E-state index in [9.17, 15) is 8.78 Å². The van der Waals surface area contributed by atoms with E-state index < -0.39 is 11.6 Å².